The van der Waals surface area contributed by atoms with Gasteiger partial charge in [0.1, 0.15) is 11.8 Å². The van der Waals surface area contributed by atoms with E-state index in [1.807, 2.05) is 0 Å². The Morgan fingerprint density at radius 3 is 1.84 bits per heavy atom. The molecule has 1 unspecified atom stereocenters. The molecule has 0 heterocycles. The lowest BCUT2D eigenvalue weighted by Gasteiger charge is -2.39. The number of esters is 2. The van der Waals surface area contributed by atoms with Crippen LogP contribution in [0.5, 0.6) is 5.75 Å². The maximum absolute atomic E-state index is 12.9. The third-order valence-corrected chi connectivity index (χ3v) is 8.61. The van der Waals surface area contributed by atoms with E-state index in [0.717, 1.165) is 68.1 Å². The third-order valence-electron chi connectivity index (χ3n) is 8.61. The Bertz CT molecular complexity index is 930. The van der Waals surface area contributed by atoms with Crippen molar-refractivity contribution in [2.24, 2.45) is 0 Å². The summed E-state index contributed by atoms with van der Waals surface area (Å²) in [4.78, 5) is 37.3. The van der Waals surface area contributed by atoms with Crippen molar-refractivity contribution >= 4 is 17.8 Å². The van der Waals surface area contributed by atoms with Gasteiger partial charge in [0.15, 0.2) is 0 Å². The first-order valence-electron chi connectivity index (χ1n) is 14.6. The highest BCUT2D eigenvalue weighted by molar-refractivity contribution is 5.88. The van der Waals surface area contributed by atoms with Crippen molar-refractivity contribution in [3.63, 3.8) is 0 Å². The number of hydrogen-bond acceptors (Lipinski definition) is 6. The van der Waals surface area contributed by atoms with Crippen molar-refractivity contribution in [2.45, 2.75) is 128 Å². The number of aryl methyl sites for hydroxylation is 1. The monoisotopic (exact) mass is 529 g/mol. The zero-order chi connectivity index (χ0) is 27.8. The lowest BCUT2D eigenvalue weighted by molar-refractivity contribution is -0.153. The lowest BCUT2D eigenvalue weighted by Crippen LogP contribution is -2.43. The van der Waals surface area contributed by atoms with Crippen LogP contribution in [0.15, 0.2) is 12.1 Å². The summed E-state index contributed by atoms with van der Waals surface area (Å²) in [5.74, 6) is -1.07. The van der Waals surface area contributed by atoms with Crippen molar-refractivity contribution in [1.82, 2.24) is 5.32 Å². The second-order valence-electron chi connectivity index (χ2n) is 11.7. The molecule has 0 aromatic heterocycles. The summed E-state index contributed by atoms with van der Waals surface area (Å²) in [5.41, 5.74) is 2.91. The fourth-order valence-electron chi connectivity index (χ4n) is 6.31. The third kappa shape index (κ3) is 7.51. The Morgan fingerprint density at radius 2 is 1.37 bits per heavy atom. The normalized spacial score (nSPS) is 19.3. The predicted molar refractivity (Wildman–Crippen MR) is 147 cm³/mol. The lowest BCUT2D eigenvalue weighted by atomic mass is 9.66. The summed E-state index contributed by atoms with van der Waals surface area (Å²) in [7, 11) is 0. The van der Waals surface area contributed by atoms with E-state index < -0.39 is 18.0 Å². The first-order valence-corrected chi connectivity index (χ1v) is 14.6. The minimum absolute atomic E-state index is 0.0744. The smallest absolute Gasteiger partial charge is 0.329 e. The van der Waals surface area contributed by atoms with Crippen LogP contribution in [0.25, 0.3) is 0 Å². The van der Waals surface area contributed by atoms with Gasteiger partial charge in [0.2, 0.25) is 5.91 Å². The first kappa shape index (κ1) is 30.0. The highest BCUT2D eigenvalue weighted by Gasteiger charge is 2.37. The molecular formula is C31H47NO6. The van der Waals surface area contributed by atoms with Crippen LogP contribution >= 0.6 is 0 Å². The van der Waals surface area contributed by atoms with Gasteiger partial charge in [-0.25, -0.2) is 4.79 Å². The van der Waals surface area contributed by atoms with E-state index >= 15 is 0 Å². The molecule has 7 heteroatoms. The van der Waals surface area contributed by atoms with Crippen LogP contribution < -0.4 is 5.32 Å². The van der Waals surface area contributed by atoms with E-state index in [0.29, 0.717) is 12.2 Å². The topological polar surface area (TPSA) is 102 Å². The Hall–Kier alpha value is -2.57. The molecule has 1 aromatic rings. The van der Waals surface area contributed by atoms with Gasteiger partial charge in [-0.3, -0.25) is 9.59 Å². The molecule has 1 amide bonds. The van der Waals surface area contributed by atoms with Gasteiger partial charge in [0, 0.05) is 17.5 Å². The Labute approximate surface area is 228 Å². The number of hydrogen-bond donors (Lipinski definition) is 2. The first-order chi connectivity index (χ1) is 18.1. The quantitative estimate of drug-likeness (QED) is 0.353. The minimum atomic E-state index is -1.07. The Balaban J connectivity index is 1.82. The van der Waals surface area contributed by atoms with Crippen LogP contribution in [0.3, 0.4) is 0 Å². The minimum Gasteiger partial charge on any atom is -0.507 e. The molecule has 3 rings (SSSR count). The summed E-state index contributed by atoms with van der Waals surface area (Å²) in [6.45, 7) is 8.27. The van der Waals surface area contributed by atoms with Gasteiger partial charge < -0.3 is 19.9 Å². The SMILES string of the molecule is CCOC(=O)CC(NC(=O)CCc1cc(C2(C)CCCCC2)c(O)c(C2(C)CCCCC2)c1)C(=O)OCC. The van der Waals surface area contributed by atoms with E-state index in [1.165, 1.54) is 12.8 Å². The molecule has 2 saturated carbocycles. The molecule has 38 heavy (non-hydrogen) atoms. The standard InChI is InChI=1S/C31H47NO6/c1-5-37-27(34)21-25(29(36)38-6-2)32-26(33)14-13-22-19-23(30(3)15-9-7-10-16-30)28(35)24(20-22)31(4)17-11-8-12-18-31/h19-20,25,35H,5-18,21H2,1-4H3,(H,32,33). The van der Waals surface area contributed by atoms with Gasteiger partial charge in [-0.2, -0.15) is 0 Å². The molecule has 212 valence electrons. The second-order valence-corrected chi connectivity index (χ2v) is 11.7. The molecule has 7 nitrogen and oxygen atoms in total. The molecule has 0 bridgehead atoms. The molecule has 2 fully saturated rings. The average molecular weight is 530 g/mol. The summed E-state index contributed by atoms with van der Waals surface area (Å²) >= 11 is 0. The number of benzene rings is 1. The van der Waals surface area contributed by atoms with Crippen LogP contribution in [0.2, 0.25) is 0 Å². The highest BCUT2D eigenvalue weighted by atomic mass is 16.5. The fourth-order valence-corrected chi connectivity index (χ4v) is 6.31. The van der Waals surface area contributed by atoms with Crippen LogP contribution in [-0.2, 0) is 41.1 Å². The maximum Gasteiger partial charge on any atom is 0.329 e. The summed E-state index contributed by atoms with van der Waals surface area (Å²) in [6, 6.07) is 3.13. The molecule has 0 saturated heterocycles. The van der Waals surface area contributed by atoms with Crippen molar-refractivity contribution < 1.29 is 29.0 Å². The van der Waals surface area contributed by atoms with Crippen molar-refractivity contribution in [2.75, 3.05) is 13.2 Å². The maximum atomic E-state index is 12.9. The van der Waals surface area contributed by atoms with Crippen LogP contribution in [0.1, 0.15) is 121 Å². The van der Waals surface area contributed by atoms with E-state index in [2.05, 4.69) is 31.3 Å². The largest absolute Gasteiger partial charge is 0.507 e. The molecule has 2 aliphatic carbocycles. The summed E-state index contributed by atoms with van der Waals surface area (Å²) in [5, 5.41) is 14.3. The molecule has 0 aliphatic heterocycles. The van der Waals surface area contributed by atoms with E-state index in [1.54, 1.807) is 13.8 Å². The van der Waals surface area contributed by atoms with Crippen molar-refractivity contribution in [3.8, 4) is 5.75 Å². The van der Waals surface area contributed by atoms with Gasteiger partial charge >= 0.3 is 11.9 Å². The van der Waals surface area contributed by atoms with Gasteiger partial charge in [0.25, 0.3) is 0 Å². The summed E-state index contributed by atoms with van der Waals surface area (Å²) in [6.07, 6.45) is 11.7. The highest BCUT2D eigenvalue weighted by Crippen LogP contribution is 2.49. The number of rotatable bonds is 11. The van der Waals surface area contributed by atoms with Crippen molar-refractivity contribution in [3.05, 3.63) is 28.8 Å². The van der Waals surface area contributed by atoms with Gasteiger partial charge in [-0.05, 0) is 62.3 Å². The Kier molecular flexibility index (Phi) is 10.6. The molecular weight excluding hydrogens is 482 g/mol. The van der Waals surface area contributed by atoms with Crippen molar-refractivity contribution in [1.29, 1.82) is 0 Å². The number of carbonyl (C=O) groups is 3. The summed E-state index contributed by atoms with van der Waals surface area (Å²) < 4.78 is 10.0. The fraction of sp³-hybridized carbons (Fsp3) is 0.710. The van der Waals surface area contributed by atoms with E-state index in [4.69, 9.17) is 9.47 Å². The second kappa shape index (κ2) is 13.5. The number of aromatic hydroxyl groups is 1. The Morgan fingerprint density at radius 1 is 0.868 bits per heavy atom. The number of ether oxygens (including phenoxy) is 2. The zero-order valence-corrected chi connectivity index (χ0v) is 23.8. The van der Waals surface area contributed by atoms with Gasteiger partial charge in [0.05, 0.1) is 19.6 Å². The average Bonchev–Trinajstić information content (AvgIpc) is 2.88. The molecule has 0 radical (unpaired) electrons. The van der Waals surface area contributed by atoms with Gasteiger partial charge in [-0.15, -0.1) is 0 Å². The van der Waals surface area contributed by atoms with Gasteiger partial charge in [-0.1, -0.05) is 64.5 Å². The van der Waals surface area contributed by atoms with E-state index in [-0.39, 0.29) is 42.8 Å². The molecule has 2 N–H and O–H groups in total. The van der Waals surface area contributed by atoms with Crippen LogP contribution in [-0.4, -0.2) is 42.2 Å². The van der Waals surface area contributed by atoms with E-state index in [9.17, 15) is 19.5 Å². The van der Waals surface area contributed by atoms with Crippen LogP contribution in [0, 0.1) is 0 Å². The molecule has 0 spiro atoms. The predicted octanol–water partition coefficient (Wildman–Crippen LogP) is 5.77. The number of amides is 1. The number of phenols is 1. The van der Waals surface area contributed by atoms with Crippen LogP contribution in [0.4, 0.5) is 0 Å². The molecule has 1 aromatic carbocycles. The number of nitrogens with one attached hydrogen (secondary N) is 1. The number of carbonyl (C=O) groups excluding carboxylic acids is 3. The molecule has 2 aliphatic rings. The number of phenolic OH excluding ortho intramolecular Hbond substituents is 1. The zero-order valence-electron chi connectivity index (χ0n) is 23.8. The molecule has 1 atom stereocenters.